The summed E-state index contributed by atoms with van der Waals surface area (Å²) >= 11 is 0. The standard InChI is InChI=1S/C12H11FN2O2/c13-8-2-1-3-10(16)11(8)12(17)15-9(6-14)7-4-5-7/h1-3,7,9,16H,4-5H2,(H,15,17). The number of hydrogen-bond acceptors (Lipinski definition) is 3. The highest BCUT2D eigenvalue weighted by atomic mass is 19.1. The second-order valence-electron chi connectivity index (χ2n) is 4.05. The highest BCUT2D eigenvalue weighted by molar-refractivity contribution is 5.97. The van der Waals surface area contributed by atoms with Crippen LogP contribution in [-0.4, -0.2) is 17.1 Å². The number of nitrogens with zero attached hydrogens (tertiary/aromatic N) is 1. The summed E-state index contributed by atoms with van der Waals surface area (Å²) < 4.78 is 13.4. The molecule has 0 saturated heterocycles. The molecule has 1 atom stereocenters. The van der Waals surface area contributed by atoms with E-state index in [4.69, 9.17) is 5.26 Å². The van der Waals surface area contributed by atoms with E-state index in [0.29, 0.717) is 0 Å². The van der Waals surface area contributed by atoms with Gasteiger partial charge in [-0.25, -0.2) is 4.39 Å². The molecule has 1 unspecified atom stereocenters. The Morgan fingerprint density at radius 2 is 2.29 bits per heavy atom. The summed E-state index contributed by atoms with van der Waals surface area (Å²) in [5, 5.41) is 20.7. The van der Waals surface area contributed by atoms with Gasteiger partial charge >= 0.3 is 0 Å². The predicted molar refractivity (Wildman–Crippen MR) is 57.7 cm³/mol. The van der Waals surface area contributed by atoms with Crippen LogP contribution in [0.3, 0.4) is 0 Å². The second-order valence-corrected chi connectivity index (χ2v) is 4.05. The Kier molecular flexibility index (Phi) is 2.96. The molecule has 2 N–H and O–H groups in total. The largest absolute Gasteiger partial charge is 0.507 e. The SMILES string of the molecule is N#CC(NC(=O)c1c(O)cccc1F)C1CC1. The number of nitriles is 1. The summed E-state index contributed by atoms with van der Waals surface area (Å²) in [6, 6.07) is 4.99. The fourth-order valence-corrected chi connectivity index (χ4v) is 1.64. The second kappa shape index (κ2) is 4.42. The first-order valence-electron chi connectivity index (χ1n) is 5.31. The summed E-state index contributed by atoms with van der Waals surface area (Å²) in [5.41, 5.74) is -0.409. The number of rotatable bonds is 3. The number of hydrogen-bond donors (Lipinski definition) is 2. The first-order valence-corrected chi connectivity index (χ1v) is 5.31. The lowest BCUT2D eigenvalue weighted by atomic mass is 10.1. The van der Waals surface area contributed by atoms with E-state index in [1.807, 2.05) is 6.07 Å². The third-order valence-corrected chi connectivity index (χ3v) is 2.74. The number of carbonyl (C=O) groups is 1. The number of halogens is 1. The molecule has 1 amide bonds. The van der Waals surface area contributed by atoms with Gasteiger partial charge in [-0.2, -0.15) is 5.26 Å². The predicted octanol–water partition coefficient (Wildman–Crippen LogP) is 1.56. The third-order valence-electron chi connectivity index (χ3n) is 2.74. The third kappa shape index (κ3) is 2.36. The molecule has 88 valence electrons. The number of carbonyl (C=O) groups excluding carboxylic acids is 1. The van der Waals surface area contributed by atoms with Crippen LogP contribution >= 0.6 is 0 Å². The van der Waals surface area contributed by atoms with Crippen LogP contribution in [0, 0.1) is 23.1 Å². The highest BCUT2D eigenvalue weighted by Crippen LogP contribution is 2.32. The first kappa shape index (κ1) is 11.4. The molecule has 1 aliphatic carbocycles. The average Bonchev–Trinajstić information content (AvgIpc) is 3.09. The van der Waals surface area contributed by atoms with Crippen LogP contribution in [0.15, 0.2) is 18.2 Å². The van der Waals surface area contributed by atoms with Gasteiger partial charge in [0, 0.05) is 0 Å². The van der Waals surface area contributed by atoms with Gasteiger partial charge in [-0.3, -0.25) is 4.79 Å². The summed E-state index contributed by atoms with van der Waals surface area (Å²) in [6.45, 7) is 0. The van der Waals surface area contributed by atoms with E-state index in [-0.39, 0.29) is 5.92 Å². The molecule has 4 nitrogen and oxygen atoms in total. The maximum atomic E-state index is 13.4. The lowest BCUT2D eigenvalue weighted by Crippen LogP contribution is -2.35. The number of benzene rings is 1. The molecule has 17 heavy (non-hydrogen) atoms. The van der Waals surface area contributed by atoms with E-state index in [1.54, 1.807) is 0 Å². The van der Waals surface area contributed by atoms with Crippen molar-refractivity contribution < 1.29 is 14.3 Å². The van der Waals surface area contributed by atoms with Crippen molar-refractivity contribution in [3.05, 3.63) is 29.6 Å². The molecule has 0 radical (unpaired) electrons. The Labute approximate surface area is 97.7 Å². The van der Waals surface area contributed by atoms with Crippen molar-refractivity contribution >= 4 is 5.91 Å². The van der Waals surface area contributed by atoms with Gasteiger partial charge in [-0.05, 0) is 30.9 Å². The molecule has 1 aliphatic rings. The molecule has 0 heterocycles. The lowest BCUT2D eigenvalue weighted by molar-refractivity contribution is 0.0935. The molecule has 1 fully saturated rings. The summed E-state index contributed by atoms with van der Waals surface area (Å²) in [7, 11) is 0. The highest BCUT2D eigenvalue weighted by Gasteiger charge is 2.33. The minimum atomic E-state index is -0.796. The molecular formula is C12H11FN2O2. The van der Waals surface area contributed by atoms with Crippen molar-refractivity contribution in [3.63, 3.8) is 0 Å². The Bertz CT molecular complexity index is 472. The average molecular weight is 234 g/mol. The normalized spacial score (nSPS) is 16.0. The van der Waals surface area contributed by atoms with Gasteiger partial charge < -0.3 is 10.4 Å². The molecule has 0 aromatic heterocycles. The fraction of sp³-hybridized carbons (Fsp3) is 0.333. The van der Waals surface area contributed by atoms with Crippen molar-refractivity contribution in [1.82, 2.24) is 5.32 Å². The van der Waals surface area contributed by atoms with Crippen molar-refractivity contribution in [1.29, 1.82) is 5.26 Å². The van der Waals surface area contributed by atoms with Crippen LogP contribution in [0.5, 0.6) is 5.75 Å². The minimum Gasteiger partial charge on any atom is -0.507 e. The zero-order valence-electron chi connectivity index (χ0n) is 8.98. The smallest absolute Gasteiger partial charge is 0.259 e. The maximum Gasteiger partial charge on any atom is 0.259 e. The molecule has 1 saturated carbocycles. The van der Waals surface area contributed by atoms with E-state index in [0.717, 1.165) is 18.9 Å². The van der Waals surface area contributed by atoms with E-state index in [9.17, 15) is 14.3 Å². The molecular weight excluding hydrogens is 223 g/mol. The minimum absolute atomic E-state index is 0.151. The molecule has 0 spiro atoms. The number of phenolic OH excluding ortho intramolecular Hbond substituents is 1. The molecule has 0 aliphatic heterocycles. The summed E-state index contributed by atoms with van der Waals surface area (Å²) in [4.78, 5) is 11.7. The van der Waals surface area contributed by atoms with Gasteiger partial charge in [-0.1, -0.05) is 6.07 Å². The van der Waals surface area contributed by atoms with Crippen LogP contribution in [0.25, 0.3) is 0 Å². The van der Waals surface area contributed by atoms with Crippen LogP contribution in [0.2, 0.25) is 0 Å². The van der Waals surface area contributed by atoms with Gasteiger partial charge in [0.1, 0.15) is 23.2 Å². The molecule has 0 bridgehead atoms. The van der Waals surface area contributed by atoms with Crippen molar-refractivity contribution in [2.75, 3.05) is 0 Å². The van der Waals surface area contributed by atoms with E-state index in [2.05, 4.69) is 5.32 Å². The van der Waals surface area contributed by atoms with Crippen molar-refractivity contribution in [2.45, 2.75) is 18.9 Å². The number of phenols is 1. The molecule has 2 rings (SSSR count). The Hall–Kier alpha value is -2.09. The summed E-state index contributed by atoms with van der Waals surface area (Å²) in [5.74, 6) is -1.82. The molecule has 5 heteroatoms. The number of nitrogens with one attached hydrogen (secondary N) is 1. The monoisotopic (exact) mass is 234 g/mol. The molecule has 1 aromatic carbocycles. The summed E-state index contributed by atoms with van der Waals surface area (Å²) in [6.07, 6.45) is 1.78. The zero-order valence-corrected chi connectivity index (χ0v) is 8.98. The lowest BCUT2D eigenvalue weighted by Gasteiger charge is -2.11. The van der Waals surface area contributed by atoms with Crippen LogP contribution in [0.1, 0.15) is 23.2 Å². The zero-order chi connectivity index (χ0) is 12.4. The van der Waals surface area contributed by atoms with Crippen molar-refractivity contribution in [2.24, 2.45) is 5.92 Å². The maximum absolute atomic E-state index is 13.4. The van der Waals surface area contributed by atoms with Gasteiger partial charge in [0.2, 0.25) is 0 Å². The van der Waals surface area contributed by atoms with Gasteiger partial charge in [0.25, 0.3) is 5.91 Å². The quantitative estimate of drug-likeness (QED) is 0.833. The van der Waals surface area contributed by atoms with Crippen LogP contribution in [0.4, 0.5) is 4.39 Å². The molecule has 1 aromatic rings. The van der Waals surface area contributed by atoms with Gasteiger partial charge in [-0.15, -0.1) is 0 Å². The fourth-order valence-electron chi connectivity index (χ4n) is 1.64. The topological polar surface area (TPSA) is 73.1 Å². The van der Waals surface area contributed by atoms with E-state index < -0.39 is 29.1 Å². The Balaban J connectivity index is 2.17. The van der Waals surface area contributed by atoms with E-state index >= 15 is 0 Å². The van der Waals surface area contributed by atoms with Gasteiger partial charge in [0.05, 0.1) is 6.07 Å². The van der Waals surface area contributed by atoms with E-state index in [1.165, 1.54) is 12.1 Å². The first-order chi connectivity index (χ1) is 8.13. The Morgan fingerprint density at radius 1 is 1.59 bits per heavy atom. The van der Waals surface area contributed by atoms with Crippen molar-refractivity contribution in [3.8, 4) is 11.8 Å². The number of amides is 1. The van der Waals surface area contributed by atoms with Crippen LogP contribution < -0.4 is 5.32 Å². The number of aromatic hydroxyl groups is 1. The van der Waals surface area contributed by atoms with Crippen LogP contribution in [-0.2, 0) is 0 Å². The van der Waals surface area contributed by atoms with Gasteiger partial charge in [0.15, 0.2) is 0 Å². The Morgan fingerprint density at radius 3 is 2.82 bits per heavy atom.